The monoisotopic (exact) mass is 302 g/mol. The molecule has 0 unspecified atom stereocenters. The van der Waals surface area contributed by atoms with E-state index in [9.17, 15) is 0 Å². The average Bonchev–Trinajstić information content (AvgIpc) is 2.97. The Bertz CT molecular complexity index is 479. The zero-order chi connectivity index (χ0) is 16.0. The summed E-state index contributed by atoms with van der Waals surface area (Å²) >= 11 is 0. The predicted octanol–water partition coefficient (Wildman–Crippen LogP) is 2.75. The highest BCUT2D eigenvalue weighted by Crippen LogP contribution is 2.13. The Morgan fingerprint density at radius 1 is 1.09 bits per heavy atom. The molecule has 0 aromatic heterocycles. The van der Waals surface area contributed by atoms with Crippen LogP contribution in [-0.2, 0) is 13.1 Å². The summed E-state index contributed by atoms with van der Waals surface area (Å²) < 4.78 is 0. The molecule has 0 saturated carbocycles. The van der Waals surface area contributed by atoms with E-state index in [4.69, 9.17) is 0 Å². The van der Waals surface area contributed by atoms with E-state index >= 15 is 0 Å². The Morgan fingerprint density at radius 3 is 2.23 bits per heavy atom. The summed E-state index contributed by atoms with van der Waals surface area (Å²) in [6, 6.07) is 8.91. The summed E-state index contributed by atoms with van der Waals surface area (Å²) in [6.45, 7) is 10.8. The van der Waals surface area contributed by atoms with E-state index in [1.54, 1.807) is 7.05 Å². The van der Waals surface area contributed by atoms with Crippen molar-refractivity contribution in [3.8, 4) is 0 Å². The third-order valence-electron chi connectivity index (χ3n) is 3.80. The molecule has 0 amide bonds. The molecule has 1 aromatic rings. The Kier molecular flexibility index (Phi) is 5.83. The van der Waals surface area contributed by atoms with Crippen LogP contribution in [0.3, 0.4) is 0 Å². The molecule has 0 spiro atoms. The van der Waals surface area contributed by atoms with Gasteiger partial charge in [-0.2, -0.15) is 0 Å². The van der Waals surface area contributed by atoms with E-state index in [1.165, 1.54) is 37.1 Å². The molecule has 2 N–H and O–H groups in total. The van der Waals surface area contributed by atoms with Gasteiger partial charge in [0.1, 0.15) is 0 Å². The normalized spacial score (nSPS) is 16.8. The van der Waals surface area contributed by atoms with E-state index in [2.05, 4.69) is 65.6 Å². The fourth-order valence-electron chi connectivity index (χ4n) is 2.68. The molecule has 0 aliphatic carbocycles. The Morgan fingerprint density at radius 2 is 1.68 bits per heavy atom. The van der Waals surface area contributed by atoms with Crippen LogP contribution < -0.4 is 10.6 Å². The molecule has 1 fully saturated rings. The predicted molar refractivity (Wildman–Crippen MR) is 94.0 cm³/mol. The second kappa shape index (κ2) is 7.63. The van der Waals surface area contributed by atoms with Crippen LogP contribution in [0.4, 0.5) is 0 Å². The highest BCUT2D eigenvalue weighted by molar-refractivity contribution is 5.80. The van der Waals surface area contributed by atoms with Gasteiger partial charge in [0, 0.05) is 25.7 Å². The van der Waals surface area contributed by atoms with Crippen LogP contribution in [0, 0.1) is 0 Å². The van der Waals surface area contributed by atoms with Crippen LogP contribution in [0.2, 0.25) is 0 Å². The van der Waals surface area contributed by atoms with E-state index in [0.717, 1.165) is 19.0 Å². The lowest BCUT2D eigenvalue weighted by Crippen LogP contribution is -2.47. The van der Waals surface area contributed by atoms with Crippen LogP contribution in [0.1, 0.15) is 44.7 Å². The van der Waals surface area contributed by atoms with Crippen molar-refractivity contribution in [2.24, 2.45) is 4.99 Å². The first kappa shape index (κ1) is 16.8. The van der Waals surface area contributed by atoms with Gasteiger partial charge in [-0.1, -0.05) is 24.3 Å². The molecule has 2 rings (SSSR count). The molecule has 1 aliphatic heterocycles. The van der Waals surface area contributed by atoms with Crippen molar-refractivity contribution in [3.05, 3.63) is 35.4 Å². The summed E-state index contributed by atoms with van der Waals surface area (Å²) in [5.74, 6) is 0.841. The fraction of sp³-hybridized carbons (Fsp3) is 0.611. The first-order valence-corrected chi connectivity index (χ1v) is 8.25. The van der Waals surface area contributed by atoms with Crippen LogP contribution in [-0.4, -0.2) is 36.5 Å². The van der Waals surface area contributed by atoms with Gasteiger partial charge in [0.25, 0.3) is 0 Å². The van der Waals surface area contributed by atoms with Crippen molar-refractivity contribution in [2.45, 2.75) is 52.2 Å². The Hall–Kier alpha value is -1.55. The molecule has 1 aliphatic rings. The lowest BCUT2D eigenvalue weighted by atomic mass is 10.1. The minimum Gasteiger partial charge on any atom is -0.352 e. The number of likely N-dealkylation sites (tertiary alicyclic amines) is 1. The number of hydrogen-bond donors (Lipinski definition) is 2. The number of aliphatic imine (C=N–C) groups is 1. The maximum atomic E-state index is 4.26. The van der Waals surface area contributed by atoms with Crippen molar-refractivity contribution in [2.75, 3.05) is 20.1 Å². The summed E-state index contributed by atoms with van der Waals surface area (Å²) in [4.78, 5) is 6.79. The van der Waals surface area contributed by atoms with Crippen molar-refractivity contribution < 1.29 is 0 Å². The molecular weight excluding hydrogens is 272 g/mol. The van der Waals surface area contributed by atoms with Crippen molar-refractivity contribution >= 4 is 5.96 Å². The Balaban J connectivity index is 1.82. The number of nitrogens with zero attached hydrogens (tertiary/aromatic N) is 2. The van der Waals surface area contributed by atoms with Gasteiger partial charge in [-0.15, -0.1) is 0 Å². The van der Waals surface area contributed by atoms with Gasteiger partial charge >= 0.3 is 0 Å². The maximum absolute atomic E-state index is 4.26. The number of hydrogen-bond acceptors (Lipinski definition) is 2. The van der Waals surface area contributed by atoms with E-state index in [-0.39, 0.29) is 5.54 Å². The molecule has 0 bridgehead atoms. The van der Waals surface area contributed by atoms with Crippen LogP contribution >= 0.6 is 0 Å². The lowest BCUT2D eigenvalue weighted by Gasteiger charge is -2.23. The minimum absolute atomic E-state index is 0.0153. The fourth-order valence-corrected chi connectivity index (χ4v) is 2.68. The van der Waals surface area contributed by atoms with Gasteiger partial charge in [-0.05, 0) is 57.8 Å². The molecule has 4 heteroatoms. The van der Waals surface area contributed by atoms with E-state index < -0.39 is 0 Å². The van der Waals surface area contributed by atoms with Crippen LogP contribution in [0.15, 0.2) is 29.3 Å². The first-order valence-electron chi connectivity index (χ1n) is 8.25. The SMILES string of the molecule is CN=C(NCc1ccc(CN2CCCC2)cc1)NC(C)(C)C. The molecule has 4 nitrogen and oxygen atoms in total. The standard InChI is InChI=1S/C18H30N4/c1-18(2,3)21-17(19-4)20-13-15-7-9-16(10-8-15)14-22-11-5-6-12-22/h7-10H,5-6,11-14H2,1-4H3,(H2,19,20,21). The number of rotatable bonds is 4. The molecule has 1 aromatic carbocycles. The van der Waals surface area contributed by atoms with Gasteiger partial charge in [-0.25, -0.2) is 0 Å². The van der Waals surface area contributed by atoms with Gasteiger partial charge < -0.3 is 10.6 Å². The largest absolute Gasteiger partial charge is 0.352 e. The molecule has 0 radical (unpaired) electrons. The van der Waals surface area contributed by atoms with Crippen LogP contribution in [0.25, 0.3) is 0 Å². The smallest absolute Gasteiger partial charge is 0.191 e. The quantitative estimate of drug-likeness (QED) is 0.663. The molecule has 1 saturated heterocycles. The van der Waals surface area contributed by atoms with Gasteiger partial charge in [-0.3, -0.25) is 9.89 Å². The molecule has 122 valence electrons. The lowest BCUT2D eigenvalue weighted by molar-refractivity contribution is 0.331. The van der Waals surface area contributed by atoms with E-state index in [0.29, 0.717) is 0 Å². The molecule has 22 heavy (non-hydrogen) atoms. The van der Waals surface area contributed by atoms with E-state index in [1.807, 2.05) is 0 Å². The third kappa shape index (κ3) is 5.68. The summed E-state index contributed by atoms with van der Waals surface area (Å²) in [6.07, 6.45) is 2.70. The van der Waals surface area contributed by atoms with Crippen molar-refractivity contribution in [1.82, 2.24) is 15.5 Å². The zero-order valence-electron chi connectivity index (χ0n) is 14.4. The molecular formula is C18H30N4. The highest BCUT2D eigenvalue weighted by Gasteiger charge is 2.12. The van der Waals surface area contributed by atoms with Gasteiger partial charge in [0.2, 0.25) is 0 Å². The summed E-state index contributed by atoms with van der Waals surface area (Å²) in [7, 11) is 1.81. The van der Waals surface area contributed by atoms with Crippen LogP contribution in [0.5, 0.6) is 0 Å². The second-order valence-electron chi connectivity index (χ2n) is 7.10. The van der Waals surface area contributed by atoms with Gasteiger partial charge in [0.05, 0.1) is 0 Å². The van der Waals surface area contributed by atoms with Crippen molar-refractivity contribution in [3.63, 3.8) is 0 Å². The average molecular weight is 302 g/mol. The topological polar surface area (TPSA) is 39.7 Å². The van der Waals surface area contributed by atoms with Crippen molar-refractivity contribution in [1.29, 1.82) is 0 Å². The number of nitrogens with one attached hydrogen (secondary N) is 2. The zero-order valence-corrected chi connectivity index (χ0v) is 14.4. The minimum atomic E-state index is 0.0153. The summed E-state index contributed by atoms with van der Waals surface area (Å²) in [5.41, 5.74) is 2.70. The number of guanidine groups is 1. The number of benzene rings is 1. The highest BCUT2D eigenvalue weighted by atomic mass is 15.2. The first-order chi connectivity index (χ1) is 10.5. The summed E-state index contributed by atoms with van der Waals surface area (Å²) in [5, 5.41) is 6.73. The Labute approximate surface area is 135 Å². The second-order valence-corrected chi connectivity index (χ2v) is 7.10. The maximum Gasteiger partial charge on any atom is 0.191 e. The molecule has 1 heterocycles. The third-order valence-corrected chi connectivity index (χ3v) is 3.80. The van der Waals surface area contributed by atoms with Gasteiger partial charge in [0.15, 0.2) is 5.96 Å². The molecule has 0 atom stereocenters.